The third kappa shape index (κ3) is 1.34. The Morgan fingerprint density at radius 3 is 3.09 bits per heavy atom. The second-order valence-corrected chi connectivity index (χ2v) is 2.42. The summed E-state index contributed by atoms with van der Waals surface area (Å²) < 4.78 is 5.20. The summed E-state index contributed by atoms with van der Waals surface area (Å²) in [7, 11) is 0. The Morgan fingerprint density at radius 1 is 1.82 bits per heavy atom. The molecule has 0 radical (unpaired) electrons. The quantitative estimate of drug-likeness (QED) is 0.407. The Labute approximate surface area is 70.0 Å². The number of furan rings is 1. The normalized spacial score (nSPS) is 8.36. The Kier molecular flexibility index (Phi) is 2.16. The first-order valence-electron chi connectivity index (χ1n) is 2.51. The van der Waals surface area contributed by atoms with Crippen LogP contribution in [-0.2, 0) is 0 Å². The maximum absolute atomic E-state index is 8.41. The molecule has 0 aliphatic carbocycles. The molecule has 54 valence electrons. The lowest BCUT2D eigenvalue weighted by Crippen LogP contribution is -1.63. The van der Waals surface area contributed by atoms with Gasteiger partial charge in [-0.2, -0.15) is 5.26 Å². The molecule has 0 N–H and O–H groups in total. The Bertz CT molecular complexity index is 357. The van der Waals surface area contributed by atoms with Crippen LogP contribution in [0.2, 0.25) is 0 Å². The van der Waals surface area contributed by atoms with E-state index in [1.165, 1.54) is 6.26 Å². The van der Waals surface area contributed by atoms with Crippen LogP contribution in [0.5, 0.6) is 0 Å². The van der Waals surface area contributed by atoms with Gasteiger partial charge in [0.15, 0.2) is 0 Å². The standard InChI is InChI=1S/C5HBrN4O/c6-3-2-11-4(1-7)5(3)9-10-8/h2H. The molecule has 0 aliphatic heterocycles. The summed E-state index contributed by atoms with van der Waals surface area (Å²) in [4.78, 5) is 2.53. The zero-order valence-corrected chi connectivity index (χ0v) is 6.74. The Balaban J connectivity index is 3.31. The van der Waals surface area contributed by atoms with Crippen LogP contribution in [0.3, 0.4) is 0 Å². The summed E-state index contributed by atoms with van der Waals surface area (Å²) in [6, 6.07) is 1.74. The lowest BCUT2D eigenvalue weighted by Gasteiger charge is -1.81. The van der Waals surface area contributed by atoms with Gasteiger partial charge in [-0.15, -0.1) is 0 Å². The van der Waals surface area contributed by atoms with Crippen LogP contribution in [0.4, 0.5) is 5.69 Å². The van der Waals surface area contributed by atoms with Crippen LogP contribution >= 0.6 is 15.9 Å². The minimum Gasteiger partial charge on any atom is -0.452 e. The molecule has 0 atom stereocenters. The van der Waals surface area contributed by atoms with Crippen LogP contribution in [0.1, 0.15) is 5.76 Å². The van der Waals surface area contributed by atoms with Crippen molar-refractivity contribution in [3.05, 3.63) is 26.9 Å². The monoisotopic (exact) mass is 212 g/mol. The summed E-state index contributed by atoms with van der Waals surface area (Å²) in [6.45, 7) is 0. The fourth-order valence-electron chi connectivity index (χ4n) is 0.548. The van der Waals surface area contributed by atoms with Crippen molar-refractivity contribution in [3.8, 4) is 6.07 Å². The Morgan fingerprint density at radius 2 is 2.55 bits per heavy atom. The lowest BCUT2D eigenvalue weighted by atomic mass is 10.4. The fraction of sp³-hybridized carbons (Fsp3) is 0. The highest BCUT2D eigenvalue weighted by Gasteiger charge is 2.08. The molecule has 0 spiro atoms. The van der Waals surface area contributed by atoms with E-state index in [2.05, 4.69) is 26.0 Å². The van der Waals surface area contributed by atoms with Crippen molar-refractivity contribution < 1.29 is 4.42 Å². The van der Waals surface area contributed by atoms with Crippen molar-refractivity contribution in [3.63, 3.8) is 0 Å². The van der Waals surface area contributed by atoms with Crippen LogP contribution in [0.15, 0.2) is 20.3 Å². The molecular weight excluding hydrogens is 212 g/mol. The molecule has 0 amide bonds. The van der Waals surface area contributed by atoms with Gasteiger partial charge >= 0.3 is 0 Å². The van der Waals surface area contributed by atoms with Crippen LogP contribution in [0, 0.1) is 11.3 Å². The van der Waals surface area contributed by atoms with Gasteiger partial charge in [-0.05, 0) is 21.5 Å². The average molecular weight is 213 g/mol. The third-order valence-corrected chi connectivity index (χ3v) is 1.53. The van der Waals surface area contributed by atoms with Gasteiger partial charge in [0.05, 0.1) is 4.47 Å². The second kappa shape index (κ2) is 3.10. The van der Waals surface area contributed by atoms with Crippen molar-refractivity contribution in [2.45, 2.75) is 0 Å². The van der Waals surface area contributed by atoms with E-state index in [0.29, 0.717) is 4.47 Å². The molecule has 5 nitrogen and oxygen atoms in total. The maximum atomic E-state index is 8.41. The zero-order chi connectivity index (χ0) is 8.27. The van der Waals surface area contributed by atoms with Gasteiger partial charge in [0, 0.05) is 4.91 Å². The van der Waals surface area contributed by atoms with Crippen LogP contribution in [0.25, 0.3) is 10.4 Å². The van der Waals surface area contributed by atoms with Gasteiger partial charge < -0.3 is 4.42 Å². The number of nitrogens with zero attached hydrogens (tertiary/aromatic N) is 4. The minimum atomic E-state index is 0.00896. The predicted octanol–water partition coefficient (Wildman–Crippen LogP) is 2.86. The van der Waals surface area contributed by atoms with E-state index < -0.39 is 0 Å². The zero-order valence-electron chi connectivity index (χ0n) is 5.15. The first-order chi connectivity index (χ1) is 5.29. The van der Waals surface area contributed by atoms with Crippen molar-refractivity contribution in [2.24, 2.45) is 5.11 Å². The van der Waals surface area contributed by atoms with E-state index in [1.807, 2.05) is 0 Å². The van der Waals surface area contributed by atoms with E-state index in [0.717, 1.165) is 0 Å². The smallest absolute Gasteiger partial charge is 0.214 e. The predicted molar refractivity (Wildman–Crippen MR) is 39.9 cm³/mol. The van der Waals surface area contributed by atoms with Crippen molar-refractivity contribution >= 4 is 21.6 Å². The third-order valence-electron chi connectivity index (χ3n) is 0.968. The van der Waals surface area contributed by atoms with E-state index in [-0.39, 0.29) is 11.4 Å². The molecule has 0 aliphatic rings. The van der Waals surface area contributed by atoms with Gasteiger partial charge in [-0.1, -0.05) is 5.11 Å². The first kappa shape index (κ1) is 7.66. The highest BCUT2D eigenvalue weighted by molar-refractivity contribution is 9.10. The van der Waals surface area contributed by atoms with E-state index in [1.54, 1.807) is 6.07 Å². The molecule has 0 saturated heterocycles. The molecule has 11 heavy (non-hydrogen) atoms. The van der Waals surface area contributed by atoms with Crippen LogP contribution < -0.4 is 0 Å². The molecule has 1 aromatic rings. The lowest BCUT2D eigenvalue weighted by molar-refractivity contribution is 0.552. The summed E-state index contributed by atoms with van der Waals surface area (Å²) in [5, 5.41) is 11.7. The number of hydrogen-bond acceptors (Lipinski definition) is 3. The van der Waals surface area contributed by atoms with Gasteiger partial charge in [-0.25, -0.2) is 0 Å². The number of azide groups is 1. The molecule has 1 aromatic heterocycles. The number of nitriles is 1. The summed E-state index contributed by atoms with van der Waals surface area (Å²) in [5.41, 5.74) is 8.26. The summed E-state index contributed by atoms with van der Waals surface area (Å²) in [6.07, 6.45) is 1.29. The number of rotatable bonds is 1. The van der Waals surface area contributed by atoms with Crippen molar-refractivity contribution in [2.75, 3.05) is 0 Å². The van der Waals surface area contributed by atoms with E-state index >= 15 is 0 Å². The molecule has 0 fully saturated rings. The van der Waals surface area contributed by atoms with E-state index in [4.69, 9.17) is 15.2 Å². The largest absolute Gasteiger partial charge is 0.452 e. The summed E-state index contributed by atoms with van der Waals surface area (Å²) in [5.74, 6) is 0.00896. The SMILES string of the molecule is N#Cc1occ(Br)c1N=[N+]=[N-]. The van der Waals surface area contributed by atoms with E-state index in [9.17, 15) is 0 Å². The molecule has 0 aromatic carbocycles. The van der Waals surface area contributed by atoms with Gasteiger partial charge in [0.2, 0.25) is 5.76 Å². The van der Waals surface area contributed by atoms with Crippen molar-refractivity contribution in [1.82, 2.24) is 0 Å². The highest BCUT2D eigenvalue weighted by Crippen LogP contribution is 2.30. The van der Waals surface area contributed by atoms with Gasteiger partial charge in [0.25, 0.3) is 0 Å². The highest BCUT2D eigenvalue weighted by atomic mass is 79.9. The molecule has 0 unspecified atom stereocenters. The number of hydrogen-bond donors (Lipinski definition) is 0. The minimum absolute atomic E-state index is 0.00896. The van der Waals surface area contributed by atoms with Gasteiger partial charge in [0.1, 0.15) is 18.0 Å². The molecule has 1 heterocycles. The second-order valence-electron chi connectivity index (χ2n) is 1.56. The fourth-order valence-corrected chi connectivity index (χ4v) is 0.901. The topological polar surface area (TPSA) is 85.7 Å². The Hall–Kier alpha value is -1.44. The van der Waals surface area contributed by atoms with Crippen LogP contribution in [-0.4, -0.2) is 0 Å². The molecule has 6 heteroatoms. The summed E-state index contributed by atoms with van der Waals surface area (Å²) >= 11 is 3.05. The molecule has 1 rings (SSSR count). The van der Waals surface area contributed by atoms with Gasteiger partial charge in [-0.3, -0.25) is 0 Å². The molecular formula is C5HBrN4O. The average Bonchev–Trinajstić information content (AvgIpc) is 2.34. The molecule has 0 bridgehead atoms. The molecule has 0 saturated carbocycles. The van der Waals surface area contributed by atoms with Crippen molar-refractivity contribution in [1.29, 1.82) is 5.26 Å². The maximum Gasteiger partial charge on any atom is 0.214 e. The number of halogens is 1. The first-order valence-corrected chi connectivity index (χ1v) is 3.31.